The predicted molar refractivity (Wildman–Crippen MR) is 238 cm³/mol. The van der Waals surface area contributed by atoms with Crippen LogP contribution in [0.25, 0.3) is 0 Å². The number of nitrogens with zero attached hydrogens (tertiary/aromatic N) is 1. The minimum absolute atomic E-state index is 0.0279. The van der Waals surface area contributed by atoms with Crippen molar-refractivity contribution in [2.75, 3.05) is 47.5 Å². The van der Waals surface area contributed by atoms with Gasteiger partial charge in [0.1, 0.15) is 19.8 Å². The zero-order valence-corrected chi connectivity index (χ0v) is 38.7. The molecule has 0 radical (unpaired) electrons. The van der Waals surface area contributed by atoms with Crippen LogP contribution in [0.4, 0.5) is 0 Å². The highest BCUT2D eigenvalue weighted by Gasteiger charge is 2.27. The molecule has 336 valence electrons. The maximum Gasteiger partial charge on any atom is 0.472 e. The first-order chi connectivity index (χ1) is 27.5. The summed E-state index contributed by atoms with van der Waals surface area (Å²) in [5.41, 5.74) is 0. The van der Waals surface area contributed by atoms with Crippen molar-refractivity contribution >= 4 is 19.8 Å². The molecule has 1 unspecified atom stereocenters. The molecule has 0 amide bonds. The summed E-state index contributed by atoms with van der Waals surface area (Å²) in [6.45, 7) is 4.38. The van der Waals surface area contributed by atoms with Crippen molar-refractivity contribution in [1.29, 1.82) is 0 Å². The highest BCUT2D eigenvalue weighted by molar-refractivity contribution is 7.47. The Morgan fingerprint density at radius 2 is 0.930 bits per heavy atom. The molecule has 57 heavy (non-hydrogen) atoms. The first-order valence-electron chi connectivity index (χ1n) is 23.6. The van der Waals surface area contributed by atoms with Crippen LogP contribution in [-0.4, -0.2) is 74.9 Å². The molecule has 0 aliphatic heterocycles. The van der Waals surface area contributed by atoms with Crippen LogP contribution in [0.5, 0.6) is 0 Å². The molecule has 0 aliphatic carbocycles. The van der Waals surface area contributed by atoms with Crippen molar-refractivity contribution in [3.63, 3.8) is 0 Å². The Morgan fingerprint density at radius 3 is 1.40 bits per heavy atom. The van der Waals surface area contributed by atoms with Crippen LogP contribution >= 0.6 is 7.82 Å². The molecule has 0 aromatic heterocycles. The fourth-order valence-corrected chi connectivity index (χ4v) is 7.25. The summed E-state index contributed by atoms with van der Waals surface area (Å²) in [4.78, 5) is 35.3. The quantitative estimate of drug-likeness (QED) is 0.0213. The van der Waals surface area contributed by atoms with Crippen molar-refractivity contribution in [1.82, 2.24) is 0 Å². The van der Waals surface area contributed by atoms with E-state index < -0.39 is 32.5 Å². The predicted octanol–water partition coefficient (Wildman–Crippen LogP) is 13.5. The number of carbonyl (C=O) groups excluding carboxylic acids is 2. The molecule has 0 aliphatic rings. The van der Waals surface area contributed by atoms with E-state index in [0.29, 0.717) is 23.9 Å². The molecule has 1 N–H and O–H groups in total. The van der Waals surface area contributed by atoms with Gasteiger partial charge in [-0.3, -0.25) is 18.6 Å². The zero-order chi connectivity index (χ0) is 42.1. The third-order valence-electron chi connectivity index (χ3n) is 10.2. The number of unbranched alkanes of at least 4 members (excludes halogenated alkanes) is 25. The highest BCUT2D eigenvalue weighted by atomic mass is 31.2. The van der Waals surface area contributed by atoms with Crippen molar-refractivity contribution in [3.05, 3.63) is 24.3 Å². The van der Waals surface area contributed by atoms with Crippen molar-refractivity contribution < 1.29 is 42.1 Å². The molecule has 2 atom stereocenters. The summed E-state index contributed by atoms with van der Waals surface area (Å²) in [5, 5.41) is 0. The van der Waals surface area contributed by atoms with Gasteiger partial charge in [-0.25, -0.2) is 4.57 Å². The third kappa shape index (κ3) is 43.9. The molecular formula is C47H91NO8P+. The van der Waals surface area contributed by atoms with Gasteiger partial charge in [0.2, 0.25) is 0 Å². The molecule has 0 saturated carbocycles. The van der Waals surface area contributed by atoms with Gasteiger partial charge in [0, 0.05) is 12.8 Å². The number of phosphoric ester groups is 1. The molecule has 0 rings (SSSR count). The number of hydrogen-bond acceptors (Lipinski definition) is 7. The van der Waals surface area contributed by atoms with E-state index in [-0.39, 0.29) is 26.1 Å². The SMILES string of the molecule is CCCCCCCCCCCCCCCC/C=C/CC/C=C/CCCC(=O)OC[C@@H](COP(=O)(O)OCC[N+](C)(C)C)OC(=O)CCCCCCCCCCCC. The average Bonchev–Trinajstić information content (AvgIpc) is 3.16. The maximum atomic E-state index is 12.6. The molecule has 0 spiro atoms. The van der Waals surface area contributed by atoms with E-state index in [1.165, 1.54) is 141 Å². The Hall–Kier alpha value is -1.51. The monoisotopic (exact) mass is 829 g/mol. The minimum Gasteiger partial charge on any atom is -0.462 e. The fourth-order valence-electron chi connectivity index (χ4n) is 6.51. The van der Waals surface area contributed by atoms with Gasteiger partial charge in [-0.2, -0.15) is 0 Å². The largest absolute Gasteiger partial charge is 0.472 e. The Balaban J connectivity index is 4.23. The summed E-state index contributed by atoms with van der Waals surface area (Å²) in [6.07, 6.45) is 44.0. The van der Waals surface area contributed by atoms with Crippen LogP contribution in [0.2, 0.25) is 0 Å². The first-order valence-corrected chi connectivity index (χ1v) is 25.1. The number of allylic oxidation sites excluding steroid dienone is 4. The second-order valence-electron chi connectivity index (χ2n) is 17.1. The molecule has 0 fully saturated rings. The Bertz CT molecular complexity index is 1030. The van der Waals surface area contributed by atoms with Crippen LogP contribution in [0, 0.1) is 0 Å². The van der Waals surface area contributed by atoms with E-state index in [9.17, 15) is 19.0 Å². The summed E-state index contributed by atoms with van der Waals surface area (Å²) >= 11 is 0. The zero-order valence-electron chi connectivity index (χ0n) is 37.8. The van der Waals surface area contributed by atoms with Gasteiger partial charge in [0.25, 0.3) is 0 Å². The van der Waals surface area contributed by atoms with E-state index in [2.05, 4.69) is 38.2 Å². The lowest BCUT2D eigenvalue weighted by Gasteiger charge is -2.24. The van der Waals surface area contributed by atoms with Gasteiger partial charge in [0.15, 0.2) is 6.10 Å². The van der Waals surface area contributed by atoms with E-state index in [1.54, 1.807) is 0 Å². The van der Waals surface area contributed by atoms with Gasteiger partial charge in [0.05, 0.1) is 27.7 Å². The van der Waals surface area contributed by atoms with Gasteiger partial charge >= 0.3 is 19.8 Å². The molecular weight excluding hydrogens is 737 g/mol. The standard InChI is InChI=1S/C47H90NO8P/c1-6-8-10-12-14-16-18-19-20-21-22-23-24-25-26-27-28-29-30-32-33-35-37-39-46(49)53-43-45(44-55-57(51,52)54-42-41-48(3,4)5)56-47(50)40-38-36-34-31-17-15-13-11-9-7-2/h27-28,32-33,45H,6-26,29-31,34-44H2,1-5H3/p+1/b28-27+,33-32+/t45-/m0/s1. The Morgan fingerprint density at radius 1 is 0.526 bits per heavy atom. The normalized spacial score (nSPS) is 13.7. The molecule has 9 nitrogen and oxygen atoms in total. The lowest BCUT2D eigenvalue weighted by atomic mass is 10.0. The summed E-state index contributed by atoms with van der Waals surface area (Å²) < 4.78 is 34.2. The van der Waals surface area contributed by atoms with Crippen LogP contribution < -0.4 is 0 Å². The van der Waals surface area contributed by atoms with E-state index >= 15 is 0 Å². The van der Waals surface area contributed by atoms with Crippen LogP contribution in [-0.2, 0) is 32.7 Å². The molecule has 0 saturated heterocycles. The number of likely N-dealkylation sites (N-methyl/N-ethyl adjacent to an activating group) is 1. The topological polar surface area (TPSA) is 108 Å². The summed E-state index contributed by atoms with van der Waals surface area (Å²) in [5.74, 6) is -0.843. The second kappa shape index (κ2) is 39.9. The fraction of sp³-hybridized carbons (Fsp3) is 0.872. The lowest BCUT2D eigenvalue weighted by Crippen LogP contribution is -2.37. The second-order valence-corrected chi connectivity index (χ2v) is 18.6. The van der Waals surface area contributed by atoms with Gasteiger partial charge in [-0.05, 0) is 44.9 Å². The smallest absolute Gasteiger partial charge is 0.462 e. The number of quaternary nitrogens is 1. The van der Waals surface area contributed by atoms with Crippen LogP contribution in [0.1, 0.15) is 213 Å². The first kappa shape index (κ1) is 55.5. The molecule has 0 aromatic carbocycles. The Kier molecular flexibility index (Phi) is 38.9. The summed E-state index contributed by atoms with van der Waals surface area (Å²) in [7, 11) is 1.46. The summed E-state index contributed by atoms with van der Waals surface area (Å²) in [6, 6.07) is 0. The number of hydrogen-bond donors (Lipinski definition) is 1. The lowest BCUT2D eigenvalue weighted by molar-refractivity contribution is -0.870. The molecule has 0 heterocycles. The number of phosphoric acid groups is 1. The van der Waals surface area contributed by atoms with Gasteiger partial charge < -0.3 is 18.9 Å². The molecule has 0 bridgehead atoms. The van der Waals surface area contributed by atoms with E-state index in [1.807, 2.05) is 21.1 Å². The number of ether oxygens (including phenoxy) is 2. The highest BCUT2D eigenvalue weighted by Crippen LogP contribution is 2.43. The third-order valence-corrected chi connectivity index (χ3v) is 11.2. The minimum atomic E-state index is -4.38. The van der Waals surface area contributed by atoms with Crippen molar-refractivity contribution in [3.8, 4) is 0 Å². The average molecular weight is 829 g/mol. The van der Waals surface area contributed by atoms with Crippen LogP contribution in [0.3, 0.4) is 0 Å². The molecule has 10 heteroatoms. The molecule has 0 aromatic rings. The van der Waals surface area contributed by atoms with Gasteiger partial charge in [-0.15, -0.1) is 0 Å². The van der Waals surface area contributed by atoms with E-state index in [4.69, 9.17) is 18.5 Å². The number of rotatable bonds is 43. The van der Waals surface area contributed by atoms with E-state index in [0.717, 1.165) is 32.1 Å². The van der Waals surface area contributed by atoms with Gasteiger partial charge in [-0.1, -0.05) is 179 Å². The van der Waals surface area contributed by atoms with Crippen molar-refractivity contribution in [2.45, 2.75) is 219 Å². The van der Waals surface area contributed by atoms with Crippen LogP contribution in [0.15, 0.2) is 24.3 Å². The van der Waals surface area contributed by atoms with Crippen molar-refractivity contribution in [2.24, 2.45) is 0 Å². The number of carbonyl (C=O) groups is 2. The number of esters is 2. The maximum absolute atomic E-state index is 12.6. The Labute approximate surface area is 351 Å².